The Hall–Kier alpha value is -1.17. The summed E-state index contributed by atoms with van der Waals surface area (Å²) >= 11 is 0. The minimum atomic E-state index is -4.24. The summed E-state index contributed by atoms with van der Waals surface area (Å²) < 4.78 is 61.3. The molecule has 1 nitrogen and oxygen atoms in total. The van der Waals surface area contributed by atoms with Gasteiger partial charge in [-0.25, -0.2) is 8.78 Å². The lowest BCUT2D eigenvalue weighted by Crippen LogP contribution is -2.24. The number of benzene rings is 1. The van der Waals surface area contributed by atoms with Crippen molar-refractivity contribution in [3.05, 3.63) is 35.4 Å². The Labute approximate surface area is 95.6 Å². The van der Waals surface area contributed by atoms with Crippen molar-refractivity contribution in [1.29, 1.82) is 0 Å². The van der Waals surface area contributed by atoms with Gasteiger partial charge in [-0.3, -0.25) is 0 Å². The van der Waals surface area contributed by atoms with Crippen LogP contribution in [0.5, 0.6) is 0 Å². The molecule has 17 heavy (non-hydrogen) atoms. The van der Waals surface area contributed by atoms with Crippen LogP contribution in [0.1, 0.15) is 24.9 Å². The predicted molar refractivity (Wildman–Crippen MR) is 53.4 cm³/mol. The van der Waals surface area contributed by atoms with E-state index >= 15 is 0 Å². The molecule has 0 fully saturated rings. The van der Waals surface area contributed by atoms with E-state index in [-0.39, 0.29) is 12.1 Å². The minimum absolute atomic E-state index is 0.282. The molecule has 0 heterocycles. The van der Waals surface area contributed by atoms with Gasteiger partial charge in [-0.1, -0.05) is 0 Å². The average molecular weight is 253 g/mol. The second-order valence-electron chi connectivity index (χ2n) is 3.74. The number of halogens is 5. The number of hydrogen-bond acceptors (Lipinski definition) is 1. The molecule has 1 atom stereocenters. The summed E-state index contributed by atoms with van der Waals surface area (Å²) in [6.07, 6.45) is -5.21. The van der Waals surface area contributed by atoms with E-state index in [1.54, 1.807) is 6.92 Å². The van der Waals surface area contributed by atoms with Gasteiger partial charge in [0.2, 0.25) is 0 Å². The fourth-order valence-electron chi connectivity index (χ4n) is 1.37. The van der Waals surface area contributed by atoms with Crippen LogP contribution in [0.4, 0.5) is 22.0 Å². The van der Waals surface area contributed by atoms with E-state index in [1.807, 2.05) is 0 Å². The van der Waals surface area contributed by atoms with Crippen LogP contribution in [-0.2, 0) is 0 Å². The smallest absolute Gasteiger partial charge is 0.310 e. The maximum absolute atomic E-state index is 12.9. The normalized spacial score (nSPS) is 13.8. The number of hydrogen-bond donors (Lipinski definition) is 1. The molecular formula is C11H12F5N. The molecule has 0 aliphatic rings. The van der Waals surface area contributed by atoms with E-state index in [0.717, 1.165) is 12.1 Å². The summed E-state index contributed by atoms with van der Waals surface area (Å²) in [5.74, 6) is -1.49. The van der Waals surface area contributed by atoms with Crippen LogP contribution in [0, 0.1) is 11.6 Å². The first-order chi connectivity index (χ1) is 7.78. The highest BCUT2D eigenvalue weighted by atomic mass is 19.4. The SMILES string of the molecule is CC(NCCC(F)(F)F)c1cc(F)cc(F)c1. The van der Waals surface area contributed by atoms with Crippen molar-refractivity contribution in [3.8, 4) is 0 Å². The summed E-state index contributed by atoms with van der Waals surface area (Å²) in [5, 5.41) is 2.56. The van der Waals surface area contributed by atoms with E-state index in [2.05, 4.69) is 5.32 Å². The van der Waals surface area contributed by atoms with Crippen molar-refractivity contribution in [1.82, 2.24) is 5.32 Å². The monoisotopic (exact) mass is 253 g/mol. The lowest BCUT2D eigenvalue weighted by molar-refractivity contribution is -0.133. The van der Waals surface area contributed by atoms with Gasteiger partial charge < -0.3 is 5.32 Å². The molecule has 0 aliphatic carbocycles. The minimum Gasteiger partial charge on any atom is -0.310 e. The molecule has 1 aromatic rings. The molecule has 1 rings (SSSR count). The van der Waals surface area contributed by atoms with Crippen molar-refractivity contribution in [3.63, 3.8) is 0 Å². The molecule has 0 aromatic heterocycles. The summed E-state index contributed by atoms with van der Waals surface area (Å²) in [5.41, 5.74) is 0.282. The fraction of sp³-hybridized carbons (Fsp3) is 0.455. The van der Waals surface area contributed by atoms with Gasteiger partial charge in [0.05, 0.1) is 6.42 Å². The standard InChI is InChI=1S/C11H12F5N/c1-7(17-3-2-11(14,15)16)8-4-9(12)6-10(13)5-8/h4-7,17H,2-3H2,1H3. The van der Waals surface area contributed by atoms with Crippen molar-refractivity contribution < 1.29 is 22.0 Å². The summed E-state index contributed by atoms with van der Waals surface area (Å²) in [4.78, 5) is 0. The highest BCUT2D eigenvalue weighted by Gasteiger charge is 2.26. The van der Waals surface area contributed by atoms with Gasteiger partial charge in [0.15, 0.2) is 0 Å². The third-order valence-electron chi connectivity index (χ3n) is 2.24. The summed E-state index contributed by atoms with van der Waals surface area (Å²) in [7, 11) is 0. The molecule has 0 saturated carbocycles. The van der Waals surface area contributed by atoms with Crippen LogP contribution < -0.4 is 5.32 Å². The second-order valence-corrected chi connectivity index (χ2v) is 3.74. The Balaban J connectivity index is 2.55. The lowest BCUT2D eigenvalue weighted by Gasteiger charge is -2.15. The van der Waals surface area contributed by atoms with Gasteiger partial charge in [0.1, 0.15) is 11.6 Å². The number of rotatable bonds is 4. The Morgan fingerprint density at radius 3 is 2.12 bits per heavy atom. The van der Waals surface area contributed by atoms with E-state index in [0.29, 0.717) is 6.07 Å². The average Bonchev–Trinajstić information content (AvgIpc) is 2.13. The topological polar surface area (TPSA) is 12.0 Å². The highest BCUT2D eigenvalue weighted by Crippen LogP contribution is 2.20. The first-order valence-electron chi connectivity index (χ1n) is 5.04. The van der Waals surface area contributed by atoms with Gasteiger partial charge in [-0.2, -0.15) is 13.2 Å². The third-order valence-corrected chi connectivity index (χ3v) is 2.24. The molecule has 0 radical (unpaired) electrons. The molecule has 1 N–H and O–H groups in total. The molecule has 1 aromatic carbocycles. The number of alkyl halides is 3. The van der Waals surface area contributed by atoms with Crippen LogP contribution in [0.2, 0.25) is 0 Å². The first kappa shape index (κ1) is 13.9. The first-order valence-corrected chi connectivity index (χ1v) is 5.04. The quantitative estimate of drug-likeness (QED) is 0.809. The van der Waals surface area contributed by atoms with Crippen molar-refractivity contribution in [2.24, 2.45) is 0 Å². The van der Waals surface area contributed by atoms with Gasteiger partial charge in [-0.05, 0) is 24.6 Å². The fourth-order valence-corrected chi connectivity index (χ4v) is 1.37. The van der Waals surface area contributed by atoms with Gasteiger partial charge in [-0.15, -0.1) is 0 Å². The van der Waals surface area contributed by atoms with Crippen molar-refractivity contribution in [2.75, 3.05) is 6.54 Å². The number of nitrogens with one attached hydrogen (secondary N) is 1. The van der Waals surface area contributed by atoms with Crippen LogP contribution in [0.3, 0.4) is 0 Å². The van der Waals surface area contributed by atoms with E-state index in [9.17, 15) is 22.0 Å². The van der Waals surface area contributed by atoms with Crippen LogP contribution in [0.25, 0.3) is 0 Å². The lowest BCUT2D eigenvalue weighted by atomic mass is 10.1. The Morgan fingerprint density at radius 1 is 1.12 bits per heavy atom. The van der Waals surface area contributed by atoms with Crippen molar-refractivity contribution >= 4 is 0 Å². The maximum atomic E-state index is 12.9. The second kappa shape index (κ2) is 5.44. The molecule has 6 heteroatoms. The van der Waals surface area contributed by atoms with E-state index < -0.39 is 30.3 Å². The van der Waals surface area contributed by atoms with Gasteiger partial charge >= 0.3 is 6.18 Å². The van der Waals surface area contributed by atoms with E-state index in [1.165, 1.54) is 0 Å². The zero-order valence-electron chi connectivity index (χ0n) is 9.11. The third kappa shape index (κ3) is 5.12. The van der Waals surface area contributed by atoms with Gasteiger partial charge in [0, 0.05) is 18.7 Å². The van der Waals surface area contributed by atoms with Gasteiger partial charge in [0.25, 0.3) is 0 Å². The Kier molecular flexibility index (Phi) is 4.45. The molecular weight excluding hydrogens is 241 g/mol. The molecule has 0 bridgehead atoms. The molecule has 0 saturated heterocycles. The van der Waals surface area contributed by atoms with Crippen molar-refractivity contribution in [2.45, 2.75) is 25.6 Å². The molecule has 0 spiro atoms. The van der Waals surface area contributed by atoms with Crippen LogP contribution in [0.15, 0.2) is 18.2 Å². The molecule has 0 aliphatic heterocycles. The largest absolute Gasteiger partial charge is 0.390 e. The van der Waals surface area contributed by atoms with E-state index in [4.69, 9.17) is 0 Å². The van der Waals surface area contributed by atoms with Crippen LogP contribution >= 0.6 is 0 Å². The maximum Gasteiger partial charge on any atom is 0.390 e. The summed E-state index contributed by atoms with van der Waals surface area (Å²) in [6.45, 7) is 1.26. The zero-order valence-corrected chi connectivity index (χ0v) is 9.11. The highest BCUT2D eigenvalue weighted by molar-refractivity contribution is 5.20. The Bertz CT molecular complexity index is 354. The zero-order chi connectivity index (χ0) is 13.1. The molecule has 1 unspecified atom stereocenters. The predicted octanol–water partition coefficient (Wildman–Crippen LogP) is 3.57. The molecule has 0 amide bonds. The van der Waals surface area contributed by atoms with Crippen LogP contribution in [-0.4, -0.2) is 12.7 Å². The molecule has 96 valence electrons. The Morgan fingerprint density at radius 2 is 1.65 bits per heavy atom. The summed E-state index contributed by atoms with van der Waals surface area (Å²) in [6, 6.07) is 2.36.